The molecular formula is C13H14N2. The van der Waals surface area contributed by atoms with Gasteiger partial charge >= 0.3 is 0 Å². The van der Waals surface area contributed by atoms with E-state index >= 15 is 0 Å². The van der Waals surface area contributed by atoms with E-state index < -0.39 is 0 Å². The quantitative estimate of drug-likeness (QED) is 0.632. The van der Waals surface area contributed by atoms with Crippen molar-refractivity contribution in [3.63, 3.8) is 0 Å². The third-order valence-electron chi connectivity index (χ3n) is 3.04. The summed E-state index contributed by atoms with van der Waals surface area (Å²) in [5.74, 6) is 0. The second kappa shape index (κ2) is 2.89. The third kappa shape index (κ3) is 1.18. The average molecular weight is 198 g/mol. The highest BCUT2D eigenvalue weighted by Crippen LogP contribution is 2.35. The molecule has 2 heterocycles. The van der Waals surface area contributed by atoms with E-state index in [9.17, 15) is 0 Å². The number of hydrogen-bond acceptors (Lipinski definition) is 2. The smallest absolute Gasteiger partial charge is 0.0945 e. The summed E-state index contributed by atoms with van der Waals surface area (Å²) >= 11 is 0. The summed E-state index contributed by atoms with van der Waals surface area (Å²) < 4.78 is 0. The Morgan fingerprint density at radius 2 is 2.07 bits per heavy atom. The third-order valence-corrected chi connectivity index (χ3v) is 3.04. The number of fused-ring (bicyclic) bond motifs is 3. The molecule has 0 saturated heterocycles. The molecule has 76 valence electrons. The second-order valence-corrected chi connectivity index (χ2v) is 4.22. The number of anilines is 1. The van der Waals surface area contributed by atoms with Gasteiger partial charge in [0.15, 0.2) is 0 Å². The Morgan fingerprint density at radius 1 is 1.20 bits per heavy atom. The van der Waals surface area contributed by atoms with Crippen molar-refractivity contribution in [1.29, 1.82) is 0 Å². The van der Waals surface area contributed by atoms with Crippen LogP contribution >= 0.6 is 0 Å². The summed E-state index contributed by atoms with van der Waals surface area (Å²) in [4.78, 5) is 4.56. The summed E-state index contributed by atoms with van der Waals surface area (Å²) in [6.45, 7) is 3.12. The van der Waals surface area contributed by atoms with Crippen LogP contribution in [0.3, 0.4) is 0 Å². The highest BCUT2D eigenvalue weighted by molar-refractivity contribution is 5.78. The van der Waals surface area contributed by atoms with Crippen LogP contribution in [0.1, 0.15) is 11.1 Å². The molecule has 0 amide bonds. The Bertz CT molecular complexity index is 471. The first-order chi connectivity index (χ1) is 7.25. The van der Waals surface area contributed by atoms with Crippen LogP contribution in [0.4, 0.5) is 5.69 Å². The lowest BCUT2D eigenvalue weighted by atomic mass is 10.0. The number of rotatable bonds is 0. The van der Waals surface area contributed by atoms with E-state index in [2.05, 4.69) is 60.3 Å². The molecule has 0 aliphatic carbocycles. The van der Waals surface area contributed by atoms with E-state index in [1.807, 2.05) is 0 Å². The van der Waals surface area contributed by atoms with Crippen molar-refractivity contribution >= 4 is 11.8 Å². The van der Waals surface area contributed by atoms with Gasteiger partial charge in [0, 0.05) is 18.8 Å². The zero-order valence-corrected chi connectivity index (χ0v) is 9.07. The predicted octanol–water partition coefficient (Wildman–Crippen LogP) is 2.57. The van der Waals surface area contributed by atoms with E-state index in [4.69, 9.17) is 0 Å². The normalized spacial score (nSPS) is 17.6. The maximum atomic E-state index is 2.35. The van der Waals surface area contributed by atoms with Gasteiger partial charge < -0.3 is 9.80 Å². The minimum atomic E-state index is 0.954. The van der Waals surface area contributed by atoms with Gasteiger partial charge in [-0.3, -0.25) is 0 Å². The van der Waals surface area contributed by atoms with Crippen LogP contribution < -0.4 is 4.90 Å². The topological polar surface area (TPSA) is 6.48 Å². The fourth-order valence-electron chi connectivity index (χ4n) is 2.28. The molecule has 0 unspecified atom stereocenters. The van der Waals surface area contributed by atoms with Gasteiger partial charge in [0.1, 0.15) is 0 Å². The van der Waals surface area contributed by atoms with Crippen LogP contribution in [0.2, 0.25) is 0 Å². The zero-order chi connectivity index (χ0) is 10.4. The van der Waals surface area contributed by atoms with Crippen molar-refractivity contribution in [3.05, 3.63) is 47.3 Å². The van der Waals surface area contributed by atoms with Gasteiger partial charge in [-0.05, 0) is 24.6 Å². The molecule has 0 aromatic heterocycles. The van der Waals surface area contributed by atoms with Crippen molar-refractivity contribution < 1.29 is 0 Å². The lowest BCUT2D eigenvalue weighted by molar-refractivity contribution is 0.495. The largest absolute Gasteiger partial charge is 0.361 e. The number of aryl methyl sites for hydroxylation is 1. The first-order valence-corrected chi connectivity index (χ1v) is 5.23. The lowest BCUT2D eigenvalue weighted by Crippen LogP contribution is -2.26. The monoisotopic (exact) mass is 198 g/mol. The van der Waals surface area contributed by atoms with Gasteiger partial charge in [0.25, 0.3) is 0 Å². The molecule has 2 heteroatoms. The van der Waals surface area contributed by atoms with E-state index in [1.165, 1.54) is 22.5 Å². The van der Waals surface area contributed by atoms with Crippen molar-refractivity contribution in [1.82, 2.24) is 4.90 Å². The fourth-order valence-corrected chi connectivity index (χ4v) is 2.28. The first kappa shape index (κ1) is 8.60. The van der Waals surface area contributed by atoms with Gasteiger partial charge in [-0.1, -0.05) is 18.2 Å². The molecule has 0 atom stereocenters. The predicted molar refractivity (Wildman–Crippen MR) is 63.4 cm³/mol. The summed E-state index contributed by atoms with van der Waals surface area (Å²) in [6.07, 6.45) is 6.59. The molecule has 1 aromatic carbocycles. The Labute approximate surface area is 90.1 Å². The second-order valence-electron chi connectivity index (χ2n) is 4.22. The SMILES string of the molecule is Cc1cccc2c1C=CC1=CN(C)CN12. The van der Waals surface area contributed by atoms with E-state index in [-0.39, 0.29) is 0 Å². The maximum absolute atomic E-state index is 2.35. The summed E-state index contributed by atoms with van der Waals surface area (Å²) in [5.41, 5.74) is 5.31. The number of hydrogen-bond donors (Lipinski definition) is 0. The van der Waals surface area contributed by atoms with Gasteiger partial charge in [-0.15, -0.1) is 0 Å². The van der Waals surface area contributed by atoms with Gasteiger partial charge in [-0.2, -0.15) is 0 Å². The highest BCUT2D eigenvalue weighted by Gasteiger charge is 2.23. The van der Waals surface area contributed by atoms with Crippen LogP contribution in [-0.4, -0.2) is 18.6 Å². The molecule has 3 rings (SSSR count). The van der Waals surface area contributed by atoms with Crippen molar-refractivity contribution in [2.24, 2.45) is 0 Å². The minimum Gasteiger partial charge on any atom is -0.361 e. The van der Waals surface area contributed by atoms with Crippen LogP contribution in [0.15, 0.2) is 36.2 Å². The highest BCUT2D eigenvalue weighted by atomic mass is 15.3. The van der Waals surface area contributed by atoms with Gasteiger partial charge in [0.2, 0.25) is 0 Å². The van der Waals surface area contributed by atoms with Gasteiger partial charge in [-0.25, -0.2) is 0 Å². The van der Waals surface area contributed by atoms with Crippen LogP contribution in [0.25, 0.3) is 6.08 Å². The van der Waals surface area contributed by atoms with Crippen molar-refractivity contribution in [3.8, 4) is 0 Å². The lowest BCUT2D eigenvalue weighted by Gasteiger charge is -2.27. The molecule has 0 spiro atoms. The molecule has 2 aliphatic rings. The van der Waals surface area contributed by atoms with E-state index in [1.54, 1.807) is 0 Å². The van der Waals surface area contributed by atoms with Crippen LogP contribution in [-0.2, 0) is 0 Å². The molecule has 0 N–H and O–H groups in total. The van der Waals surface area contributed by atoms with Crippen LogP contribution in [0.5, 0.6) is 0 Å². The Balaban J connectivity index is 2.17. The summed E-state index contributed by atoms with van der Waals surface area (Å²) in [5, 5.41) is 0. The molecule has 2 nitrogen and oxygen atoms in total. The maximum Gasteiger partial charge on any atom is 0.0945 e. The van der Waals surface area contributed by atoms with Crippen LogP contribution in [0, 0.1) is 6.92 Å². The summed E-state index contributed by atoms with van der Waals surface area (Å²) in [7, 11) is 2.11. The van der Waals surface area contributed by atoms with E-state index in [0.717, 1.165) is 6.67 Å². The molecule has 2 aliphatic heterocycles. The standard InChI is InChI=1S/C13H14N2/c1-10-4-3-5-13-12(10)7-6-11-8-14(2)9-15(11)13/h3-8H,9H2,1-2H3. The molecular weight excluding hydrogens is 184 g/mol. The molecule has 0 radical (unpaired) electrons. The molecule has 0 fully saturated rings. The molecule has 1 aromatic rings. The first-order valence-electron chi connectivity index (χ1n) is 5.23. The number of benzene rings is 1. The number of allylic oxidation sites excluding steroid dienone is 1. The molecule has 15 heavy (non-hydrogen) atoms. The Morgan fingerprint density at radius 3 is 2.93 bits per heavy atom. The zero-order valence-electron chi connectivity index (χ0n) is 9.07. The van der Waals surface area contributed by atoms with Crippen molar-refractivity contribution in [2.45, 2.75) is 6.92 Å². The average Bonchev–Trinajstić information content (AvgIpc) is 2.59. The fraction of sp³-hybridized carbons (Fsp3) is 0.231. The Kier molecular flexibility index (Phi) is 1.66. The van der Waals surface area contributed by atoms with E-state index in [0.29, 0.717) is 0 Å². The minimum absolute atomic E-state index is 0.954. The van der Waals surface area contributed by atoms with Crippen molar-refractivity contribution in [2.75, 3.05) is 18.6 Å². The number of nitrogens with zero attached hydrogens (tertiary/aromatic N) is 2. The molecule has 0 bridgehead atoms. The molecule has 0 saturated carbocycles. The summed E-state index contributed by atoms with van der Waals surface area (Å²) in [6, 6.07) is 6.49. The Hall–Kier alpha value is -1.70. The van der Waals surface area contributed by atoms with Gasteiger partial charge in [0.05, 0.1) is 18.1 Å².